The zero-order chi connectivity index (χ0) is 29.0. The van der Waals surface area contributed by atoms with Gasteiger partial charge in [0.05, 0.1) is 13.1 Å². The molecule has 1 aliphatic rings. The predicted octanol–water partition coefficient (Wildman–Crippen LogP) is -1.50. The number of carbonyl (C=O) groups excluding carboxylic acids is 3. The molecule has 1 atom stereocenters. The summed E-state index contributed by atoms with van der Waals surface area (Å²) in [6.45, 7) is 12.1. The van der Waals surface area contributed by atoms with E-state index in [-0.39, 0.29) is 43.7 Å². The summed E-state index contributed by atoms with van der Waals surface area (Å²) in [6.07, 6.45) is 0.952. The van der Waals surface area contributed by atoms with E-state index in [1.165, 1.54) is 7.05 Å². The minimum atomic E-state index is -0.877. The second-order valence-corrected chi connectivity index (χ2v) is 9.86. The number of carboxylic acid groups (broad SMARTS) is 1. The van der Waals surface area contributed by atoms with Crippen molar-refractivity contribution in [1.29, 1.82) is 0 Å². The molecule has 1 rings (SSSR count). The molecule has 1 unspecified atom stereocenters. The highest BCUT2D eigenvalue weighted by Crippen LogP contribution is 2.02. The van der Waals surface area contributed by atoms with Crippen LogP contribution in [0.5, 0.6) is 0 Å². The molecule has 0 radical (unpaired) electrons. The van der Waals surface area contributed by atoms with Crippen LogP contribution in [0.4, 0.5) is 0 Å². The van der Waals surface area contributed by atoms with E-state index in [1.54, 1.807) is 0 Å². The van der Waals surface area contributed by atoms with Crippen molar-refractivity contribution < 1.29 is 29.0 Å². The van der Waals surface area contributed by atoms with Crippen molar-refractivity contribution in [2.24, 2.45) is 0 Å². The van der Waals surface area contributed by atoms with Crippen LogP contribution >= 0.6 is 0 Å². The number of rotatable bonds is 15. The molecule has 1 saturated heterocycles. The number of amides is 3. The van der Waals surface area contributed by atoms with Gasteiger partial charge in [-0.1, -0.05) is 6.92 Å². The number of ether oxygens (including phenoxy) is 1. The lowest BCUT2D eigenvalue weighted by Gasteiger charge is -2.32. The van der Waals surface area contributed by atoms with Crippen LogP contribution in [-0.2, 0) is 23.9 Å². The minimum absolute atomic E-state index is 0.0556. The van der Waals surface area contributed by atoms with Crippen molar-refractivity contribution in [1.82, 2.24) is 35.6 Å². The van der Waals surface area contributed by atoms with Gasteiger partial charge < -0.3 is 35.6 Å². The molecule has 0 aromatic rings. The molecule has 39 heavy (non-hydrogen) atoms. The Kier molecular flexibility index (Phi) is 18.3. The Morgan fingerprint density at radius 1 is 0.872 bits per heavy atom. The highest BCUT2D eigenvalue weighted by molar-refractivity contribution is 5.89. The number of hydrogen-bond acceptors (Lipinski definition) is 9. The van der Waals surface area contributed by atoms with E-state index >= 15 is 0 Å². The number of nitrogens with zero attached hydrogens (tertiary/aromatic N) is 4. The Morgan fingerprint density at radius 2 is 1.46 bits per heavy atom. The Labute approximate surface area is 233 Å². The molecule has 3 amide bonds. The molecule has 0 aliphatic carbocycles. The van der Waals surface area contributed by atoms with Gasteiger partial charge >= 0.3 is 5.97 Å². The van der Waals surface area contributed by atoms with Crippen LogP contribution in [0.15, 0.2) is 0 Å². The van der Waals surface area contributed by atoms with Crippen LogP contribution in [0, 0.1) is 0 Å². The Bertz CT molecular complexity index is 742. The molecule has 1 heterocycles. The maximum Gasteiger partial charge on any atom is 0.317 e. The summed E-state index contributed by atoms with van der Waals surface area (Å²) < 4.78 is 5.30. The average molecular weight is 558 g/mol. The summed E-state index contributed by atoms with van der Waals surface area (Å²) in [5.74, 6) is -1.71. The van der Waals surface area contributed by atoms with E-state index in [1.807, 2.05) is 23.8 Å². The molecular weight excluding hydrogens is 506 g/mol. The van der Waals surface area contributed by atoms with Gasteiger partial charge in [0.2, 0.25) is 17.7 Å². The molecule has 0 bridgehead atoms. The summed E-state index contributed by atoms with van der Waals surface area (Å²) in [4.78, 5) is 57.6. The van der Waals surface area contributed by atoms with E-state index in [2.05, 4.69) is 32.7 Å². The number of hydrogen-bond donors (Lipinski definition) is 4. The molecule has 4 N–H and O–H groups in total. The quantitative estimate of drug-likeness (QED) is 0.175. The first kappa shape index (κ1) is 34.7. The zero-order valence-corrected chi connectivity index (χ0v) is 24.4. The van der Waals surface area contributed by atoms with Crippen molar-refractivity contribution in [3.8, 4) is 0 Å². The fraction of sp³-hybridized carbons (Fsp3) is 0.846. The van der Waals surface area contributed by atoms with Gasteiger partial charge in [0.25, 0.3) is 0 Å². The lowest BCUT2D eigenvalue weighted by atomic mass is 10.1. The van der Waals surface area contributed by atoms with Crippen molar-refractivity contribution in [2.45, 2.75) is 39.2 Å². The van der Waals surface area contributed by atoms with Crippen LogP contribution in [0.1, 0.15) is 33.1 Å². The molecule has 0 spiro atoms. The highest BCUT2D eigenvalue weighted by Gasteiger charge is 2.23. The third-order valence-electron chi connectivity index (χ3n) is 6.79. The van der Waals surface area contributed by atoms with Crippen molar-refractivity contribution in [2.75, 3.05) is 106 Å². The maximum atomic E-state index is 13.1. The van der Waals surface area contributed by atoms with Gasteiger partial charge in [0.1, 0.15) is 6.04 Å². The topological polar surface area (TPSA) is 147 Å². The van der Waals surface area contributed by atoms with Crippen LogP contribution in [0.2, 0.25) is 0 Å². The fourth-order valence-corrected chi connectivity index (χ4v) is 4.23. The summed E-state index contributed by atoms with van der Waals surface area (Å²) in [7, 11) is 3.58. The molecule has 1 fully saturated rings. The number of carbonyl (C=O) groups is 4. The molecule has 1 aliphatic heterocycles. The largest absolute Gasteiger partial charge is 0.480 e. The monoisotopic (exact) mass is 557 g/mol. The first-order valence-corrected chi connectivity index (χ1v) is 14.1. The van der Waals surface area contributed by atoms with E-state index in [4.69, 9.17) is 4.74 Å². The second-order valence-electron chi connectivity index (χ2n) is 9.86. The molecule has 226 valence electrons. The van der Waals surface area contributed by atoms with Crippen molar-refractivity contribution >= 4 is 23.7 Å². The molecule has 13 nitrogen and oxygen atoms in total. The Hall–Kier alpha value is -2.32. The SMILES string of the molecule is CCOCCCNC(=O)C(CCC(=O)NC)NC(=O)CN1CCN(CC)CCN(C)CCN(CC(=O)O)CC1. The summed E-state index contributed by atoms with van der Waals surface area (Å²) in [5.41, 5.74) is 0. The van der Waals surface area contributed by atoms with Crippen LogP contribution in [-0.4, -0.2) is 160 Å². The average Bonchev–Trinajstić information content (AvgIpc) is 2.90. The minimum Gasteiger partial charge on any atom is -0.480 e. The molecule has 0 saturated carbocycles. The van der Waals surface area contributed by atoms with E-state index < -0.39 is 12.0 Å². The van der Waals surface area contributed by atoms with Gasteiger partial charge in [0, 0.05) is 85.6 Å². The van der Waals surface area contributed by atoms with Crippen LogP contribution in [0.3, 0.4) is 0 Å². The molecular formula is C26H51N7O6. The Balaban J connectivity index is 2.85. The van der Waals surface area contributed by atoms with Gasteiger partial charge in [-0.3, -0.25) is 29.0 Å². The first-order valence-electron chi connectivity index (χ1n) is 14.1. The van der Waals surface area contributed by atoms with Gasteiger partial charge in [-0.15, -0.1) is 0 Å². The lowest BCUT2D eigenvalue weighted by Crippen LogP contribution is -2.52. The second kappa shape index (κ2) is 20.6. The normalized spacial score (nSPS) is 17.9. The standard InChI is InChI=1S/C26H51N7O6/c1-5-31-13-11-30(4)12-14-33(21-25(36)37)18-17-32(16-15-31)20-24(35)29-22(8-9-23(34)27-3)26(38)28-10-7-19-39-6-2/h22H,5-21H2,1-4H3,(H,27,34)(H,28,38)(H,29,35)(H,36,37). The van der Waals surface area contributed by atoms with Crippen LogP contribution in [0.25, 0.3) is 0 Å². The van der Waals surface area contributed by atoms with Gasteiger partial charge in [-0.05, 0) is 33.4 Å². The van der Waals surface area contributed by atoms with E-state index in [9.17, 15) is 24.3 Å². The van der Waals surface area contributed by atoms with E-state index in [0.717, 1.165) is 32.7 Å². The zero-order valence-electron chi connectivity index (χ0n) is 24.4. The number of nitrogens with one attached hydrogen (secondary N) is 3. The highest BCUT2D eigenvalue weighted by atomic mass is 16.5. The number of aliphatic carboxylic acids is 1. The third kappa shape index (κ3) is 16.4. The Morgan fingerprint density at radius 3 is 2.05 bits per heavy atom. The first-order chi connectivity index (χ1) is 18.7. The van der Waals surface area contributed by atoms with Crippen LogP contribution < -0.4 is 16.0 Å². The van der Waals surface area contributed by atoms with Gasteiger partial charge in [0.15, 0.2) is 0 Å². The van der Waals surface area contributed by atoms with Gasteiger partial charge in [-0.2, -0.15) is 0 Å². The molecule has 0 aromatic heterocycles. The third-order valence-corrected chi connectivity index (χ3v) is 6.79. The number of likely N-dealkylation sites (N-methyl/N-ethyl adjacent to an activating group) is 2. The van der Waals surface area contributed by atoms with E-state index in [0.29, 0.717) is 52.4 Å². The molecule has 0 aromatic carbocycles. The van der Waals surface area contributed by atoms with Crippen molar-refractivity contribution in [3.63, 3.8) is 0 Å². The van der Waals surface area contributed by atoms with Gasteiger partial charge in [-0.25, -0.2) is 0 Å². The maximum absolute atomic E-state index is 13.1. The number of carboxylic acids is 1. The lowest BCUT2D eigenvalue weighted by molar-refractivity contribution is -0.138. The smallest absolute Gasteiger partial charge is 0.317 e. The molecule has 13 heteroatoms. The summed E-state index contributed by atoms with van der Waals surface area (Å²) in [5, 5.41) is 17.5. The predicted molar refractivity (Wildman–Crippen MR) is 149 cm³/mol. The summed E-state index contributed by atoms with van der Waals surface area (Å²) in [6, 6.07) is -0.833. The fourth-order valence-electron chi connectivity index (χ4n) is 4.23. The summed E-state index contributed by atoms with van der Waals surface area (Å²) >= 11 is 0. The van der Waals surface area contributed by atoms with Crippen molar-refractivity contribution in [3.05, 3.63) is 0 Å².